The molecule has 0 fully saturated rings. The smallest absolute Gasteiger partial charge is 0.407 e. The molecule has 2 aromatic heterocycles. The van der Waals surface area contributed by atoms with Gasteiger partial charge >= 0.3 is 6.09 Å². The maximum atomic E-state index is 12.4. The first-order valence-electron chi connectivity index (χ1n) is 9.99. The molecular formula is C22H27N5O3S. The van der Waals surface area contributed by atoms with Gasteiger partial charge in [-0.3, -0.25) is 4.79 Å². The summed E-state index contributed by atoms with van der Waals surface area (Å²) in [6.45, 7) is 6.13. The number of H-pyrrole nitrogens is 1. The molecule has 3 aromatic rings. The number of carboxylic acid groups (broad SMARTS) is 1. The third kappa shape index (κ3) is 5.55. The van der Waals surface area contributed by atoms with Crippen molar-refractivity contribution in [3.63, 3.8) is 0 Å². The second kappa shape index (κ2) is 9.38. The number of hydrogen-bond donors (Lipinski definition) is 3. The number of benzene rings is 1. The number of aromatic nitrogens is 3. The Morgan fingerprint density at radius 1 is 1.26 bits per heavy atom. The molecule has 3 N–H and O–H groups in total. The Morgan fingerprint density at radius 3 is 2.71 bits per heavy atom. The minimum Gasteiger partial charge on any atom is -0.465 e. The number of thioether (sulfide) groups is 1. The van der Waals surface area contributed by atoms with Crippen molar-refractivity contribution in [2.75, 3.05) is 18.1 Å². The van der Waals surface area contributed by atoms with Crippen LogP contribution in [0, 0.1) is 0 Å². The van der Waals surface area contributed by atoms with E-state index >= 15 is 0 Å². The summed E-state index contributed by atoms with van der Waals surface area (Å²) in [6, 6.07) is 9.59. The summed E-state index contributed by atoms with van der Waals surface area (Å²) in [4.78, 5) is 36.9. The number of aryl methyl sites for hydroxylation is 1. The number of nitrogens with one attached hydrogen (secondary N) is 2. The van der Waals surface area contributed by atoms with Crippen molar-refractivity contribution in [1.29, 1.82) is 0 Å². The van der Waals surface area contributed by atoms with Crippen molar-refractivity contribution >= 4 is 40.3 Å². The van der Waals surface area contributed by atoms with Crippen LogP contribution in [0.25, 0.3) is 10.9 Å². The molecular weight excluding hydrogens is 414 g/mol. The van der Waals surface area contributed by atoms with Gasteiger partial charge < -0.3 is 20.3 Å². The second-order valence-corrected chi connectivity index (χ2v) is 8.93. The summed E-state index contributed by atoms with van der Waals surface area (Å²) in [7, 11) is 0. The van der Waals surface area contributed by atoms with Gasteiger partial charge in [-0.2, -0.15) is 0 Å². The van der Waals surface area contributed by atoms with Gasteiger partial charge in [-0.1, -0.05) is 23.9 Å². The number of amides is 1. The van der Waals surface area contributed by atoms with Gasteiger partial charge in [0.1, 0.15) is 11.2 Å². The lowest BCUT2D eigenvalue weighted by Crippen LogP contribution is -2.45. The fourth-order valence-electron chi connectivity index (χ4n) is 3.35. The summed E-state index contributed by atoms with van der Waals surface area (Å²) in [6.07, 6.45) is 3.99. The predicted molar refractivity (Wildman–Crippen MR) is 124 cm³/mol. The van der Waals surface area contributed by atoms with Gasteiger partial charge in [-0.25, -0.2) is 14.8 Å². The van der Waals surface area contributed by atoms with Crippen LogP contribution >= 0.6 is 11.8 Å². The SMILES string of the molecule is CSc1nc(Nc2cccc(CCCN(C(=O)O)C(C)(C)C)c2)c2c(=O)[nH]ccc2n1. The van der Waals surface area contributed by atoms with Crippen molar-refractivity contribution in [3.05, 3.63) is 52.4 Å². The lowest BCUT2D eigenvalue weighted by molar-refractivity contribution is 0.0996. The zero-order chi connectivity index (χ0) is 22.6. The molecule has 0 atom stereocenters. The van der Waals surface area contributed by atoms with Crippen LogP contribution in [0.2, 0.25) is 0 Å². The average molecular weight is 442 g/mol. The molecule has 1 aromatic carbocycles. The summed E-state index contributed by atoms with van der Waals surface area (Å²) in [5, 5.41) is 13.7. The van der Waals surface area contributed by atoms with Gasteiger partial charge in [0.2, 0.25) is 0 Å². The Hall–Kier alpha value is -3.07. The topological polar surface area (TPSA) is 111 Å². The van der Waals surface area contributed by atoms with Crippen LogP contribution in [-0.4, -0.2) is 49.4 Å². The number of fused-ring (bicyclic) bond motifs is 1. The minimum absolute atomic E-state index is 0.250. The molecule has 8 nitrogen and oxygen atoms in total. The van der Waals surface area contributed by atoms with Crippen molar-refractivity contribution in [3.8, 4) is 0 Å². The molecule has 164 valence electrons. The first kappa shape index (κ1) is 22.6. The van der Waals surface area contributed by atoms with E-state index in [0.29, 0.717) is 34.8 Å². The van der Waals surface area contributed by atoms with E-state index in [0.717, 1.165) is 17.7 Å². The van der Waals surface area contributed by atoms with Gasteiger partial charge in [0.15, 0.2) is 5.16 Å². The van der Waals surface area contributed by atoms with E-state index in [1.807, 2.05) is 51.3 Å². The number of hydrogen-bond acceptors (Lipinski definition) is 6. The Kier molecular flexibility index (Phi) is 6.84. The van der Waals surface area contributed by atoms with Crippen molar-refractivity contribution in [2.24, 2.45) is 0 Å². The molecule has 31 heavy (non-hydrogen) atoms. The molecule has 0 aliphatic carbocycles. The third-order valence-corrected chi connectivity index (χ3v) is 5.41. The van der Waals surface area contributed by atoms with Crippen molar-refractivity contribution in [1.82, 2.24) is 19.9 Å². The van der Waals surface area contributed by atoms with E-state index in [1.165, 1.54) is 16.7 Å². The van der Waals surface area contributed by atoms with Crippen LogP contribution in [0.3, 0.4) is 0 Å². The van der Waals surface area contributed by atoms with E-state index in [9.17, 15) is 14.7 Å². The van der Waals surface area contributed by atoms with Gasteiger partial charge in [0.25, 0.3) is 5.56 Å². The Morgan fingerprint density at radius 2 is 2.03 bits per heavy atom. The van der Waals surface area contributed by atoms with E-state index in [-0.39, 0.29) is 5.56 Å². The minimum atomic E-state index is -0.909. The second-order valence-electron chi connectivity index (χ2n) is 8.16. The van der Waals surface area contributed by atoms with Crippen molar-refractivity contribution < 1.29 is 9.90 Å². The zero-order valence-electron chi connectivity index (χ0n) is 18.1. The van der Waals surface area contributed by atoms with E-state index in [1.54, 1.807) is 12.3 Å². The highest BCUT2D eigenvalue weighted by atomic mass is 32.2. The van der Waals surface area contributed by atoms with Crippen LogP contribution in [0.4, 0.5) is 16.3 Å². The highest BCUT2D eigenvalue weighted by Gasteiger charge is 2.25. The van der Waals surface area contributed by atoms with Gasteiger partial charge in [0.05, 0.1) is 5.52 Å². The van der Waals surface area contributed by atoms with Gasteiger partial charge in [-0.05, 0) is 63.6 Å². The third-order valence-electron chi connectivity index (χ3n) is 4.86. The quantitative estimate of drug-likeness (QED) is 0.366. The molecule has 0 saturated heterocycles. The molecule has 0 unspecified atom stereocenters. The van der Waals surface area contributed by atoms with Crippen LogP contribution < -0.4 is 10.9 Å². The van der Waals surface area contributed by atoms with Crippen molar-refractivity contribution in [2.45, 2.75) is 44.3 Å². The summed E-state index contributed by atoms with van der Waals surface area (Å²) >= 11 is 1.41. The lowest BCUT2D eigenvalue weighted by Gasteiger charge is -2.33. The predicted octanol–water partition coefficient (Wildman–Crippen LogP) is 4.49. The molecule has 0 aliphatic heterocycles. The molecule has 0 saturated carbocycles. The number of rotatable bonds is 7. The van der Waals surface area contributed by atoms with E-state index < -0.39 is 11.6 Å². The van der Waals surface area contributed by atoms with Gasteiger partial charge in [0, 0.05) is 24.0 Å². The van der Waals surface area contributed by atoms with E-state index in [4.69, 9.17) is 0 Å². The average Bonchev–Trinajstić information content (AvgIpc) is 2.70. The van der Waals surface area contributed by atoms with E-state index in [2.05, 4.69) is 20.3 Å². The molecule has 2 heterocycles. The number of aromatic amines is 1. The largest absolute Gasteiger partial charge is 0.465 e. The number of anilines is 2. The summed E-state index contributed by atoms with van der Waals surface area (Å²) in [5.74, 6) is 0.457. The fourth-order valence-corrected chi connectivity index (χ4v) is 3.72. The molecule has 1 amide bonds. The Balaban J connectivity index is 1.79. The summed E-state index contributed by atoms with van der Waals surface area (Å²) in [5.41, 5.74) is 1.77. The molecule has 9 heteroatoms. The molecule has 0 radical (unpaired) electrons. The van der Waals surface area contributed by atoms with Crippen LogP contribution in [0.1, 0.15) is 32.8 Å². The molecule has 0 aliphatic rings. The zero-order valence-corrected chi connectivity index (χ0v) is 18.9. The maximum absolute atomic E-state index is 12.4. The molecule has 3 rings (SSSR count). The maximum Gasteiger partial charge on any atom is 0.407 e. The van der Waals surface area contributed by atoms with Gasteiger partial charge in [-0.15, -0.1) is 0 Å². The van der Waals surface area contributed by atoms with Crippen LogP contribution in [-0.2, 0) is 6.42 Å². The molecule has 0 spiro atoms. The monoisotopic (exact) mass is 441 g/mol. The first-order valence-corrected chi connectivity index (χ1v) is 11.2. The number of nitrogens with zero attached hydrogens (tertiary/aromatic N) is 3. The number of carbonyl (C=O) groups is 1. The highest BCUT2D eigenvalue weighted by Crippen LogP contribution is 2.24. The molecule has 0 bridgehead atoms. The highest BCUT2D eigenvalue weighted by molar-refractivity contribution is 7.98. The normalized spacial score (nSPS) is 11.5. The lowest BCUT2D eigenvalue weighted by atomic mass is 10.0. The standard InChI is InChI=1S/C22H27N5O3S/c1-22(2,3)27(21(29)30)12-6-8-14-7-5-9-15(13-14)24-18-17-16(10-11-23-19(17)28)25-20(26-18)31-4/h5,7,9-11,13H,6,8,12H2,1-4H3,(H,23,28)(H,29,30)(H,24,25,26). The first-order chi connectivity index (χ1) is 14.7. The Bertz CT molecular complexity index is 1140. The fraction of sp³-hybridized carbons (Fsp3) is 0.364. The van der Waals surface area contributed by atoms with Crippen LogP contribution in [0.5, 0.6) is 0 Å². The Labute approximate surface area is 185 Å². The number of pyridine rings is 1. The van der Waals surface area contributed by atoms with Crippen LogP contribution in [0.15, 0.2) is 46.5 Å². The summed E-state index contributed by atoms with van der Waals surface area (Å²) < 4.78 is 0.